The van der Waals surface area contributed by atoms with Crippen molar-refractivity contribution in [2.45, 2.75) is 25.8 Å². The second-order valence-electron chi connectivity index (χ2n) is 6.30. The zero-order valence-corrected chi connectivity index (χ0v) is 13.6. The molecule has 2 saturated heterocycles. The van der Waals surface area contributed by atoms with Crippen LogP contribution in [-0.2, 0) is 9.53 Å². The number of piperazine rings is 1. The quantitative estimate of drug-likeness (QED) is 0.865. The molecular formula is C16H23N3O4. The van der Waals surface area contributed by atoms with Gasteiger partial charge in [0.15, 0.2) is 0 Å². The second kappa shape index (κ2) is 5.98. The Morgan fingerprint density at radius 1 is 1.22 bits per heavy atom. The van der Waals surface area contributed by atoms with Crippen LogP contribution in [0.1, 0.15) is 28.3 Å². The number of primary amides is 1. The monoisotopic (exact) mass is 321 g/mol. The molecule has 1 atom stereocenters. The fourth-order valence-electron chi connectivity index (χ4n) is 3.50. The average molecular weight is 321 g/mol. The van der Waals surface area contributed by atoms with E-state index in [0.717, 1.165) is 5.76 Å². The normalized spacial score (nSPS) is 25.7. The summed E-state index contributed by atoms with van der Waals surface area (Å²) in [6.45, 7) is 6.90. The smallest absolute Gasteiger partial charge is 0.257 e. The number of carbonyl (C=O) groups excluding carboxylic acids is 2. The average Bonchev–Trinajstić information content (AvgIpc) is 3.14. The maximum absolute atomic E-state index is 12.6. The van der Waals surface area contributed by atoms with Crippen molar-refractivity contribution in [3.8, 4) is 0 Å². The molecule has 0 bridgehead atoms. The van der Waals surface area contributed by atoms with Crippen LogP contribution in [0.5, 0.6) is 0 Å². The zero-order valence-electron chi connectivity index (χ0n) is 13.6. The Bertz CT molecular complexity index is 611. The summed E-state index contributed by atoms with van der Waals surface area (Å²) in [5, 5.41) is 0. The van der Waals surface area contributed by atoms with Gasteiger partial charge in [-0.1, -0.05) is 0 Å². The summed E-state index contributed by atoms with van der Waals surface area (Å²) in [5.41, 5.74) is 5.52. The largest absolute Gasteiger partial charge is 0.466 e. The highest BCUT2D eigenvalue weighted by molar-refractivity contribution is 5.95. The Balaban J connectivity index is 1.67. The molecule has 0 saturated carbocycles. The van der Waals surface area contributed by atoms with Gasteiger partial charge < -0.3 is 19.8 Å². The van der Waals surface area contributed by atoms with Crippen molar-refractivity contribution >= 4 is 11.8 Å². The second-order valence-corrected chi connectivity index (χ2v) is 6.30. The van der Waals surface area contributed by atoms with Gasteiger partial charge in [-0.2, -0.15) is 0 Å². The molecule has 0 spiro atoms. The van der Waals surface area contributed by atoms with Gasteiger partial charge in [0, 0.05) is 39.2 Å². The number of hydrogen-bond acceptors (Lipinski definition) is 5. The third-order valence-corrected chi connectivity index (χ3v) is 4.90. The Kier molecular flexibility index (Phi) is 4.16. The molecular weight excluding hydrogens is 298 g/mol. The number of rotatable bonds is 3. The van der Waals surface area contributed by atoms with Crippen LogP contribution in [-0.4, -0.2) is 66.5 Å². The topological polar surface area (TPSA) is 89.0 Å². The molecule has 1 aromatic rings. The van der Waals surface area contributed by atoms with E-state index in [9.17, 15) is 9.59 Å². The fraction of sp³-hybridized carbons (Fsp3) is 0.625. The highest BCUT2D eigenvalue weighted by Crippen LogP contribution is 2.28. The first-order chi connectivity index (χ1) is 10.9. The van der Waals surface area contributed by atoms with Gasteiger partial charge >= 0.3 is 0 Å². The van der Waals surface area contributed by atoms with E-state index < -0.39 is 5.54 Å². The van der Waals surface area contributed by atoms with Gasteiger partial charge in [-0.25, -0.2) is 0 Å². The molecule has 2 amide bonds. The first kappa shape index (κ1) is 16.0. The summed E-state index contributed by atoms with van der Waals surface area (Å²) < 4.78 is 10.8. The van der Waals surface area contributed by atoms with Crippen LogP contribution in [0.3, 0.4) is 0 Å². The fourth-order valence-corrected chi connectivity index (χ4v) is 3.50. The van der Waals surface area contributed by atoms with E-state index >= 15 is 0 Å². The maximum atomic E-state index is 12.6. The highest BCUT2D eigenvalue weighted by Gasteiger charge is 2.47. The number of nitrogens with two attached hydrogens (primary N) is 1. The lowest BCUT2D eigenvalue weighted by molar-refractivity contribution is -0.131. The SMILES string of the molecule is Cc1cc(C(=O)N2CCN(C3(C(N)=O)CCOC3)CC2)c(C)o1. The Hall–Kier alpha value is -1.86. The molecule has 7 nitrogen and oxygen atoms in total. The number of ether oxygens (including phenoxy) is 1. The van der Waals surface area contributed by atoms with Crippen LogP contribution in [0, 0.1) is 13.8 Å². The van der Waals surface area contributed by atoms with Gasteiger partial charge in [0.25, 0.3) is 5.91 Å². The maximum Gasteiger partial charge on any atom is 0.257 e. The van der Waals surface area contributed by atoms with Crippen LogP contribution >= 0.6 is 0 Å². The Labute approximate surface area is 135 Å². The molecule has 2 aliphatic rings. The summed E-state index contributed by atoms with van der Waals surface area (Å²) in [6.07, 6.45) is 0.621. The summed E-state index contributed by atoms with van der Waals surface area (Å²) in [4.78, 5) is 28.4. The predicted molar refractivity (Wildman–Crippen MR) is 83.0 cm³/mol. The third-order valence-electron chi connectivity index (χ3n) is 4.90. The van der Waals surface area contributed by atoms with E-state index in [1.807, 2.05) is 6.92 Å². The molecule has 3 rings (SSSR count). The molecule has 7 heteroatoms. The summed E-state index contributed by atoms with van der Waals surface area (Å²) in [7, 11) is 0. The van der Waals surface area contributed by atoms with Gasteiger partial charge in [-0.05, 0) is 19.9 Å². The number of aryl methyl sites for hydroxylation is 2. The lowest BCUT2D eigenvalue weighted by atomic mass is 9.94. The molecule has 23 heavy (non-hydrogen) atoms. The molecule has 0 radical (unpaired) electrons. The lowest BCUT2D eigenvalue weighted by Gasteiger charge is -2.43. The first-order valence-electron chi connectivity index (χ1n) is 7.93. The zero-order chi connectivity index (χ0) is 16.6. The lowest BCUT2D eigenvalue weighted by Crippen LogP contribution is -2.63. The molecule has 126 valence electrons. The molecule has 2 N–H and O–H groups in total. The van der Waals surface area contributed by atoms with Gasteiger partial charge in [-0.3, -0.25) is 14.5 Å². The van der Waals surface area contributed by atoms with Crippen molar-refractivity contribution < 1.29 is 18.7 Å². The van der Waals surface area contributed by atoms with Crippen LogP contribution in [0.15, 0.2) is 10.5 Å². The van der Waals surface area contributed by atoms with Crippen molar-refractivity contribution in [3.05, 3.63) is 23.2 Å². The number of carbonyl (C=O) groups is 2. The Morgan fingerprint density at radius 2 is 1.91 bits per heavy atom. The number of furan rings is 1. The predicted octanol–water partition coefficient (Wildman–Crippen LogP) is 0.299. The number of nitrogens with zero attached hydrogens (tertiary/aromatic N) is 2. The molecule has 1 unspecified atom stereocenters. The van der Waals surface area contributed by atoms with E-state index in [4.69, 9.17) is 14.9 Å². The molecule has 0 aromatic carbocycles. The van der Waals surface area contributed by atoms with Crippen molar-refractivity contribution in [1.82, 2.24) is 9.80 Å². The molecule has 1 aromatic heterocycles. The van der Waals surface area contributed by atoms with Gasteiger partial charge in [0.2, 0.25) is 5.91 Å². The minimum absolute atomic E-state index is 0.0187. The van der Waals surface area contributed by atoms with Crippen molar-refractivity contribution in [3.63, 3.8) is 0 Å². The standard InChI is InChI=1S/C16H23N3O4/c1-11-9-13(12(2)23-11)14(20)18-4-6-19(7-5-18)16(15(17)21)3-8-22-10-16/h9H,3-8,10H2,1-2H3,(H2,17,21). The van der Waals surface area contributed by atoms with Gasteiger partial charge in [-0.15, -0.1) is 0 Å². The summed E-state index contributed by atoms with van der Waals surface area (Å²) >= 11 is 0. The number of hydrogen-bond donors (Lipinski definition) is 1. The van der Waals surface area contributed by atoms with Crippen LogP contribution in [0.25, 0.3) is 0 Å². The minimum Gasteiger partial charge on any atom is -0.466 e. The summed E-state index contributed by atoms with van der Waals surface area (Å²) in [6, 6.07) is 1.78. The van der Waals surface area contributed by atoms with E-state index in [1.165, 1.54) is 0 Å². The van der Waals surface area contributed by atoms with E-state index in [-0.39, 0.29) is 11.8 Å². The molecule has 3 heterocycles. The van der Waals surface area contributed by atoms with Crippen molar-refractivity contribution in [2.24, 2.45) is 5.73 Å². The first-order valence-corrected chi connectivity index (χ1v) is 7.93. The third kappa shape index (κ3) is 2.74. The molecule has 2 aliphatic heterocycles. The summed E-state index contributed by atoms with van der Waals surface area (Å²) in [5.74, 6) is 1.03. The van der Waals surface area contributed by atoms with Crippen molar-refractivity contribution in [1.29, 1.82) is 0 Å². The van der Waals surface area contributed by atoms with Gasteiger partial charge in [0.05, 0.1) is 12.2 Å². The van der Waals surface area contributed by atoms with Crippen LogP contribution in [0.2, 0.25) is 0 Å². The highest BCUT2D eigenvalue weighted by atomic mass is 16.5. The van der Waals surface area contributed by atoms with Crippen molar-refractivity contribution in [2.75, 3.05) is 39.4 Å². The number of amides is 2. The van der Waals surface area contributed by atoms with E-state index in [0.29, 0.717) is 57.1 Å². The molecule has 2 fully saturated rings. The Morgan fingerprint density at radius 3 is 2.39 bits per heavy atom. The van der Waals surface area contributed by atoms with E-state index in [1.54, 1.807) is 17.9 Å². The van der Waals surface area contributed by atoms with Crippen LogP contribution < -0.4 is 5.73 Å². The minimum atomic E-state index is -0.711. The van der Waals surface area contributed by atoms with Gasteiger partial charge in [0.1, 0.15) is 17.1 Å². The van der Waals surface area contributed by atoms with E-state index in [2.05, 4.69) is 4.90 Å². The molecule has 0 aliphatic carbocycles. The van der Waals surface area contributed by atoms with Crippen LogP contribution in [0.4, 0.5) is 0 Å².